The zero-order chi connectivity index (χ0) is 25.0. The van der Waals surface area contributed by atoms with E-state index in [4.69, 9.17) is 14.9 Å². The van der Waals surface area contributed by atoms with E-state index in [-0.39, 0.29) is 0 Å². The van der Waals surface area contributed by atoms with Crippen LogP contribution in [0.15, 0.2) is 60.7 Å². The van der Waals surface area contributed by atoms with Crippen molar-refractivity contribution < 1.29 is 24.5 Å². The van der Waals surface area contributed by atoms with Crippen LogP contribution in [0.4, 0.5) is 0 Å². The molecule has 6 nitrogen and oxygen atoms in total. The molecule has 1 atom stereocenters. The average Bonchev–Trinajstić information content (AvgIpc) is 2.76. The first-order valence-corrected chi connectivity index (χ1v) is 11.2. The highest BCUT2D eigenvalue weighted by molar-refractivity contribution is 5.89. The first-order valence-electron chi connectivity index (χ1n) is 11.2. The number of methoxy groups -OCH3 is 1. The molecule has 0 aliphatic rings. The Hall–Kier alpha value is -3.12. The highest BCUT2D eigenvalue weighted by Gasteiger charge is 2.21. The van der Waals surface area contributed by atoms with Crippen LogP contribution in [-0.4, -0.2) is 52.8 Å². The van der Waals surface area contributed by atoms with Crippen LogP contribution in [0.5, 0.6) is 5.75 Å². The molecule has 2 N–H and O–H groups in total. The van der Waals surface area contributed by atoms with Crippen LogP contribution in [-0.2, 0) is 9.59 Å². The third kappa shape index (κ3) is 9.91. The van der Waals surface area contributed by atoms with E-state index in [0.717, 1.165) is 18.7 Å². The van der Waals surface area contributed by atoms with Crippen molar-refractivity contribution in [3.05, 3.63) is 77.4 Å². The van der Waals surface area contributed by atoms with Gasteiger partial charge in [0.05, 0.1) is 7.11 Å². The number of hydrogen-bond acceptors (Lipinski definition) is 4. The minimum Gasteiger partial charge on any atom is -0.496 e. The fourth-order valence-electron chi connectivity index (χ4n) is 3.85. The molecular formula is C27H37NO5. The number of hydrogen-bond donors (Lipinski definition) is 2. The van der Waals surface area contributed by atoms with Gasteiger partial charge in [0.25, 0.3) is 0 Å². The SMILES string of the molecule is COc1ccc(C)cc1C(CCN(C(C)C)C(C)C)c1ccccc1.O=C(O)/C=C/C(=O)O. The van der Waals surface area contributed by atoms with Crippen LogP contribution in [0.1, 0.15) is 56.7 Å². The van der Waals surface area contributed by atoms with Gasteiger partial charge >= 0.3 is 11.9 Å². The zero-order valence-electron chi connectivity index (χ0n) is 20.5. The summed E-state index contributed by atoms with van der Waals surface area (Å²) in [6.07, 6.45) is 2.20. The first-order chi connectivity index (χ1) is 15.6. The fourth-order valence-corrected chi connectivity index (χ4v) is 3.85. The molecule has 0 saturated carbocycles. The van der Waals surface area contributed by atoms with Gasteiger partial charge in [-0.1, -0.05) is 48.0 Å². The summed E-state index contributed by atoms with van der Waals surface area (Å²) in [5.41, 5.74) is 3.93. The second-order valence-electron chi connectivity index (χ2n) is 8.43. The first kappa shape index (κ1) is 27.9. The molecule has 0 radical (unpaired) electrons. The molecule has 6 heteroatoms. The summed E-state index contributed by atoms with van der Waals surface area (Å²) < 4.78 is 5.69. The molecular weight excluding hydrogens is 418 g/mol. The number of benzene rings is 2. The van der Waals surface area contributed by atoms with E-state index in [2.05, 4.69) is 88.0 Å². The molecule has 0 fully saturated rings. The highest BCUT2D eigenvalue weighted by Crippen LogP contribution is 2.35. The van der Waals surface area contributed by atoms with Gasteiger partial charge in [0.2, 0.25) is 0 Å². The van der Waals surface area contributed by atoms with Crippen molar-refractivity contribution in [2.24, 2.45) is 0 Å². The van der Waals surface area contributed by atoms with Crippen LogP contribution in [0.3, 0.4) is 0 Å². The van der Waals surface area contributed by atoms with Gasteiger partial charge in [-0.2, -0.15) is 0 Å². The van der Waals surface area contributed by atoms with Crippen molar-refractivity contribution >= 4 is 11.9 Å². The molecule has 180 valence electrons. The van der Waals surface area contributed by atoms with Crippen LogP contribution in [0.2, 0.25) is 0 Å². The fraction of sp³-hybridized carbons (Fsp3) is 0.407. The lowest BCUT2D eigenvalue weighted by atomic mass is 9.86. The number of rotatable bonds is 10. The summed E-state index contributed by atoms with van der Waals surface area (Å²) >= 11 is 0. The number of aryl methyl sites for hydroxylation is 1. The van der Waals surface area contributed by atoms with Gasteiger partial charge < -0.3 is 14.9 Å². The molecule has 0 spiro atoms. The summed E-state index contributed by atoms with van der Waals surface area (Å²) in [5, 5.41) is 15.6. The normalized spacial score (nSPS) is 12.0. The number of carbonyl (C=O) groups is 2. The number of carboxylic acid groups (broad SMARTS) is 2. The van der Waals surface area contributed by atoms with Crippen molar-refractivity contribution in [2.45, 2.75) is 59.0 Å². The maximum Gasteiger partial charge on any atom is 0.328 e. The maximum absolute atomic E-state index is 9.55. The van der Waals surface area contributed by atoms with Crippen LogP contribution in [0.25, 0.3) is 0 Å². The van der Waals surface area contributed by atoms with E-state index in [0.29, 0.717) is 30.2 Å². The number of ether oxygens (including phenoxy) is 1. The quantitative estimate of drug-likeness (QED) is 0.469. The lowest BCUT2D eigenvalue weighted by Gasteiger charge is -2.32. The molecule has 0 bridgehead atoms. The topological polar surface area (TPSA) is 87.1 Å². The summed E-state index contributed by atoms with van der Waals surface area (Å²) in [5.74, 6) is -1.18. The predicted molar refractivity (Wildman–Crippen MR) is 132 cm³/mol. The molecule has 0 heterocycles. The standard InChI is InChI=1S/C23H33NO.C4H4O4/c1-17(2)24(18(3)4)15-14-21(20-10-8-7-9-11-20)22-16-19(5)12-13-23(22)25-6;5-3(6)1-2-4(7)8/h7-13,16-18,21H,14-15H2,1-6H3;1-2H,(H,5,6)(H,7,8)/b;2-1+. The molecule has 2 aromatic rings. The molecule has 0 aliphatic heterocycles. The van der Waals surface area contributed by atoms with E-state index >= 15 is 0 Å². The van der Waals surface area contributed by atoms with Gasteiger partial charge in [0.1, 0.15) is 5.75 Å². The lowest BCUT2D eigenvalue weighted by Crippen LogP contribution is -2.38. The molecule has 2 rings (SSSR count). The van der Waals surface area contributed by atoms with E-state index < -0.39 is 11.9 Å². The Morgan fingerprint density at radius 1 is 0.939 bits per heavy atom. The van der Waals surface area contributed by atoms with E-state index in [9.17, 15) is 9.59 Å². The van der Waals surface area contributed by atoms with Gasteiger partial charge in [-0.25, -0.2) is 9.59 Å². The number of carboxylic acids is 2. The van der Waals surface area contributed by atoms with Crippen molar-refractivity contribution in [1.82, 2.24) is 4.90 Å². The molecule has 0 aromatic heterocycles. The molecule has 0 saturated heterocycles. The minimum atomic E-state index is -1.26. The Labute approximate surface area is 197 Å². The lowest BCUT2D eigenvalue weighted by molar-refractivity contribution is -0.134. The van der Waals surface area contributed by atoms with Crippen molar-refractivity contribution in [2.75, 3.05) is 13.7 Å². The molecule has 0 aliphatic carbocycles. The molecule has 33 heavy (non-hydrogen) atoms. The summed E-state index contributed by atoms with van der Waals surface area (Å²) in [4.78, 5) is 21.7. The average molecular weight is 456 g/mol. The van der Waals surface area contributed by atoms with Gasteiger partial charge in [0.15, 0.2) is 0 Å². The highest BCUT2D eigenvalue weighted by atomic mass is 16.5. The third-order valence-electron chi connectivity index (χ3n) is 5.33. The van der Waals surface area contributed by atoms with E-state index in [1.807, 2.05) is 0 Å². The van der Waals surface area contributed by atoms with E-state index in [1.54, 1.807) is 7.11 Å². The van der Waals surface area contributed by atoms with Crippen LogP contribution >= 0.6 is 0 Å². The Kier molecular flexibility index (Phi) is 11.9. The van der Waals surface area contributed by atoms with Gasteiger partial charge in [-0.05, 0) is 59.2 Å². The third-order valence-corrected chi connectivity index (χ3v) is 5.33. The number of nitrogens with zero attached hydrogens (tertiary/aromatic N) is 1. The van der Waals surface area contributed by atoms with Crippen molar-refractivity contribution in [3.63, 3.8) is 0 Å². The predicted octanol–water partition coefficient (Wildman–Crippen LogP) is 5.36. The minimum absolute atomic E-state index is 0.344. The van der Waals surface area contributed by atoms with Gasteiger partial charge in [-0.15, -0.1) is 0 Å². The van der Waals surface area contributed by atoms with Crippen molar-refractivity contribution in [3.8, 4) is 5.75 Å². The maximum atomic E-state index is 9.55. The van der Waals surface area contributed by atoms with Crippen molar-refractivity contribution in [1.29, 1.82) is 0 Å². The molecule has 2 aromatic carbocycles. The monoisotopic (exact) mass is 455 g/mol. The second-order valence-corrected chi connectivity index (χ2v) is 8.43. The molecule has 0 amide bonds. The summed E-state index contributed by atoms with van der Waals surface area (Å²) in [7, 11) is 1.77. The molecule has 1 unspecified atom stereocenters. The van der Waals surface area contributed by atoms with Crippen LogP contribution in [0, 0.1) is 6.92 Å². The smallest absolute Gasteiger partial charge is 0.328 e. The number of aliphatic carboxylic acids is 2. The Morgan fingerprint density at radius 3 is 1.94 bits per heavy atom. The zero-order valence-corrected chi connectivity index (χ0v) is 20.5. The van der Waals surface area contributed by atoms with Crippen LogP contribution < -0.4 is 4.74 Å². The second kappa shape index (κ2) is 14.1. The Bertz CT molecular complexity index is 882. The Morgan fingerprint density at radius 2 is 1.48 bits per heavy atom. The Balaban J connectivity index is 0.000000582. The van der Waals surface area contributed by atoms with Gasteiger partial charge in [-0.3, -0.25) is 4.90 Å². The summed E-state index contributed by atoms with van der Waals surface area (Å²) in [6.45, 7) is 12.4. The van der Waals surface area contributed by atoms with Gasteiger partial charge in [0, 0.05) is 35.7 Å². The summed E-state index contributed by atoms with van der Waals surface area (Å²) in [6, 6.07) is 18.4. The van der Waals surface area contributed by atoms with E-state index in [1.165, 1.54) is 16.7 Å². The largest absolute Gasteiger partial charge is 0.496 e.